The van der Waals surface area contributed by atoms with Crippen molar-refractivity contribution >= 4 is 22.5 Å². The molecule has 0 unspecified atom stereocenters. The summed E-state index contributed by atoms with van der Waals surface area (Å²) in [5.41, 5.74) is 4.67. The van der Waals surface area contributed by atoms with E-state index in [-0.39, 0.29) is 0 Å². The number of nitriles is 1. The number of hydrogen-bond donors (Lipinski definition) is 2. The first-order valence-electron chi connectivity index (χ1n) is 9.62. The zero-order valence-electron chi connectivity index (χ0n) is 15.3. The van der Waals surface area contributed by atoms with E-state index in [0.717, 1.165) is 47.7 Å². The zero-order valence-corrected chi connectivity index (χ0v) is 15.3. The second-order valence-electron chi connectivity index (χ2n) is 6.99. The highest BCUT2D eigenvalue weighted by Crippen LogP contribution is 2.39. The predicted molar refractivity (Wildman–Crippen MR) is 106 cm³/mol. The molecule has 0 amide bonds. The van der Waals surface area contributed by atoms with Crippen molar-refractivity contribution in [2.75, 3.05) is 25.0 Å². The molecule has 134 valence electrons. The van der Waals surface area contributed by atoms with Gasteiger partial charge in [0.15, 0.2) is 5.65 Å². The van der Waals surface area contributed by atoms with Crippen molar-refractivity contribution in [3.63, 3.8) is 0 Å². The smallest absolute Gasteiger partial charge is 0.157 e. The fourth-order valence-corrected chi connectivity index (χ4v) is 4.11. The van der Waals surface area contributed by atoms with Crippen LogP contribution in [0.5, 0.6) is 0 Å². The molecule has 4 rings (SSSR count). The molecule has 0 atom stereocenters. The fourth-order valence-electron chi connectivity index (χ4n) is 4.11. The third kappa shape index (κ3) is 2.91. The van der Waals surface area contributed by atoms with Crippen LogP contribution >= 0.6 is 0 Å². The molecule has 0 aliphatic heterocycles. The van der Waals surface area contributed by atoms with Gasteiger partial charge >= 0.3 is 0 Å². The third-order valence-electron chi connectivity index (χ3n) is 5.37. The van der Waals surface area contributed by atoms with Crippen molar-refractivity contribution < 1.29 is 0 Å². The molecule has 0 saturated heterocycles. The minimum Gasteiger partial charge on any atom is -0.370 e. The van der Waals surface area contributed by atoms with Crippen LogP contribution in [0.2, 0.25) is 0 Å². The Balaban J connectivity index is 1.89. The van der Waals surface area contributed by atoms with Gasteiger partial charge in [-0.25, -0.2) is 4.98 Å². The number of nitrogens with one attached hydrogen (secondary N) is 2. The number of aromatic nitrogens is 2. The molecule has 2 heterocycles. The predicted octanol–water partition coefficient (Wildman–Crippen LogP) is 4.04. The number of fused-ring (bicyclic) bond motifs is 3. The normalized spacial score (nSPS) is 14.9. The standard InChI is InChI=1S/C21H25N5/c1-2-23-11-12-24-20-13-16(15-7-3-4-8-15)17(14-22)21-25-18-9-5-6-10-19(18)26(20)21/h5-6,9-10,13,15,23-24H,2-4,7-8,11-12H2,1H3. The Morgan fingerprint density at radius 3 is 2.81 bits per heavy atom. The fraction of sp³-hybridized carbons (Fsp3) is 0.429. The zero-order chi connectivity index (χ0) is 17.9. The van der Waals surface area contributed by atoms with E-state index in [1.165, 1.54) is 31.2 Å². The van der Waals surface area contributed by atoms with E-state index in [0.29, 0.717) is 5.92 Å². The summed E-state index contributed by atoms with van der Waals surface area (Å²) < 4.78 is 2.11. The van der Waals surface area contributed by atoms with Crippen molar-refractivity contribution in [2.24, 2.45) is 0 Å². The number of pyridine rings is 1. The van der Waals surface area contributed by atoms with Crippen LogP contribution in [0.4, 0.5) is 5.82 Å². The maximum absolute atomic E-state index is 9.91. The molecule has 5 nitrogen and oxygen atoms in total. The van der Waals surface area contributed by atoms with Crippen LogP contribution in [0.3, 0.4) is 0 Å². The summed E-state index contributed by atoms with van der Waals surface area (Å²) in [5.74, 6) is 1.51. The highest BCUT2D eigenvalue weighted by Gasteiger charge is 2.24. The van der Waals surface area contributed by atoms with Gasteiger partial charge in [0, 0.05) is 13.1 Å². The van der Waals surface area contributed by atoms with E-state index in [9.17, 15) is 5.26 Å². The van der Waals surface area contributed by atoms with Gasteiger partial charge in [0.05, 0.1) is 16.6 Å². The van der Waals surface area contributed by atoms with Gasteiger partial charge in [0.25, 0.3) is 0 Å². The Kier molecular flexibility index (Phi) is 4.77. The molecule has 2 aromatic heterocycles. The summed E-state index contributed by atoms with van der Waals surface area (Å²) in [6, 6.07) is 12.8. The lowest BCUT2D eigenvalue weighted by Crippen LogP contribution is -2.22. The van der Waals surface area contributed by atoms with Crippen LogP contribution in [0.15, 0.2) is 30.3 Å². The average Bonchev–Trinajstić information content (AvgIpc) is 3.32. The van der Waals surface area contributed by atoms with Gasteiger partial charge in [-0.05, 0) is 49.1 Å². The van der Waals surface area contributed by atoms with E-state index in [4.69, 9.17) is 4.98 Å². The maximum atomic E-state index is 9.91. The van der Waals surface area contributed by atoms with Crippen LogP contribution in [0, 0.1) is 11.3 Å². The van der Waals surface area contributed by atoms with Crippen LogP contribution < -0.4 is 10.6 Å². The summed E-state index contributed by atoms with van der Waals surface area (Å²) in [6.45, 7) is 4.82. The number of anilines is 1. The number of likely N-dealkylation sites (N-methyl/N-ethyl adjacent to an activating group) is 1. The molecular weight excluding hydrogens is 322 g/mol. The molecule has 1 saturated carbocycles. The molecule has 0 bridgehead atoms. The van der Waals surface area contributed by atoms with Gasteiger partial charge < -0.3 is 10.6 Å². The van der Waals surface area contributed by atoms with Crippen molar-refractivity contribution in [2.45, 2.75) is 38.5 Å². The lowest BCUT2D eigenvalue weighted by molar-refractivity contribution is 0.718. The SMILES string of the molecule is CCNCCNc1cc(C2CCCC2)c(C#N)c2nc3ccccc3n12. The first-order chi connectivity index (χ1) is 12.8. The molecule has 1 aliphatic carbocycles. The third-order valence-corrected chi connectivity index (χ3v) is 5.37. The van der Waals surface area contributed by atoms with E-state index < -0.39 is 0 Å². The monoisotopic (exact) mass is 347 g/mol. The number of imidazole rings is 1. The lowest BCUT2D eigenvalue weighted by atomic mass is 9.94. The van der Waals surface area contributed by atoms with E-state index in [2.05, 4.69) is 40.2 Å². The Labute approximate surface area is 154 Å². The molecular formula is C21H25N5. The number of para-hydroxylation sites is 2. The molecule has 1 fully saturated rings. The molecule has 26 heavy (non-hydrogen) atoms. The largest absolute Gasteiger partial charge is 0.370 e. The highest BCUT2D eigenvalue weighted by atomic mass is 15.1. The van der Waals surface area contributed by atoms with Gasteiger partial charge in [-0.3, -0.25) is 4.40 Å². The van der Waals surface area contributed by atoms with Crippen LogP contribution in [-0.4, -0.2) is 29.0 Å². The van der Waals surface area contributed by atoms with Gasteiger partial charge in [-0.15, -0.1) is 0 Å². The number of rotatable bonds is 6. The van der Waals surface area contributed by atoms with E-state index >= 15 is 0 Å². The van der Waals surface area contributed by atoms with Gasteiger partial charge in [0.1, 0.15) is 11.9 Å². The Morgan fingerprint density at radius 1 is 1.23 bits per heavy atom. The first kappa shape index (κ1) is 16.9. The second-order valence-corrected chi connectivity index (χ2v) is 6.99. The number of hydrogen-bond acceptors (Lipinski definition) is 4. The minimum atomic E-state index is 0.476. The van der Waals surface area contributed by atoms with Crippen LogP contribution in [-0.2, 0) is 0 Å². The van der Waals surface area contributed by atoms with Gasteiger partial charge in [-0.2, -0.15) is 5.26 Å². The van der Waals surface area contributed by atoms with Crippen molar-refractivity contribution in [1.82, 2.24) is 14.7 Å². The molecule has 3 aromatic rings. The molecule has 5 heteroatoms. The Morgan fingerprint density at radius 2 is 2.04 bits per heavy atom. The lowest BCUT2D eigenvalue weighted by Gasteiger charge is -2.17. The highest BCUT2D eigenvalue weighted by molar-refractivity contribution is 5.85. The summed E-state index contributed by atoms with van der Waals surface area (Å²) in [7, 11) is 0. The molecule has 2 N–H and O–H groups in total. The molecule has 0 spiro atoms. The quantitative estimate of drug-likeness (QED) is 0.661. The summed E-state index contributed by atoms with van der Waals surface area (Å²) in [4.78, 5) is 4.81. The van der Waals surface area contributed by atoms with Crippen LogP contribution in [0.1, 0.15) is 49.7 Å². The van der Waals surface area contributed by atoms with E-state index in [1.807, 2.05) is 18.2 Å². The maximum Gasteiger partial charge on any atom is 0.157 e. The molecule has 1 aromatic carbocycles. The van der Waals surface area contributed by atoms with Gasteiger partial charge in [-0.1, -0.05) is 31.9 Å². The average molecular weight is 347 g/mol. The Hall–Kier alpha value is -2.58. The van der Waals surface area contributed by atoms with Gasteiger partial charge in [0.2, 0.25) is 0 Å². The summed E-state index contributed by atoms with van der Waals surface area (Å²) in [6.07, 6.45) is 4.84. The van der Waals surface area contributed by atoms with E-state index in [1.54, 1.807) is 0 Å². The first-order valence-corrected chi connectivity index (χ1v) is 9.62. The topological polar surface area (TPSA) is 65.1 Å². The minimum absolute atomic E-state index is 0.476. The number of nitrogens with zero attached hydrogens (tertiary/aromatic N) is 3. The molecule has 0 radical (unpaired) electrons. The summed E-state index contributed by atoms with van der Waals surface area (Å²) >= 11 is 0. The Bertz CT molecular complexity index is 960. The van der Waals surface area contributed by atoms with Crippen molar-refractivity contribution in [3.05, 3.63) is 41.5 Å². The summed E-state index contributed by atoms with van der Waals surface area (Å²) in [5, 5.41) is 16.8. The molecule has 1 aliphatic rings. The number of benzene rings is 1. The van der Waals surface area contributed by atoms with Crippen molar-refractivity contribution in [3.8, 4) is 6.07 Å². The second kappa shape index (κ2) is 7.35. The van der Waals surface area contributed by atoms with Crippen LogP contribution in [0.25, 0.3) is 16.7 Å². The van der Waals surface area contributed by atoms with Crippen molar-refractivity contribution in [1.29, 1.82) is 5.26 Å².